The van der Waals surface area contributed by atoms with Crippen molar-refractivity contribution in [1.82, 2.24) is 4.90 Å². The molecule has 1 unspecified atom stereocenters. The minimum atomic E-state index is 0.756. The van der Waals surface area contributed by atoms with Crippen molar-refractivity contribution in [3.63, 3.8) is 0 Å². The topological polar surface area (TPSA) is 3.24 Å². The van der Waals surface area contributed by atoms with E-state index in [2.05, 4.69) is 32.8 Å². The molecule has 0 aromatic rings. The second-order valence-electron chi connectivity index (χ2n) is 4.37. The Labute approximate surface area is 84.5 Å². The van der Waals surface area contributed by atoms with Gasteiger partial charge >= 0.3 is 0 Å². The molecule has 0 amide bonds. The van der Waals surface area contributed by atoms with Gasteiger partial charge in [-0.05, 0) is 27.4 Å². The lowest BCUT2D eigenvalue weighted by Crippen LogP contribution is -2.24. The van der Waals surface area contributed by atoms with Crippen molar-refractivity contribution >= 4 is 0 Å². The van der Waals surface area contributed by atoms with Crippen LogP contribution in [0.5, 0.6) is 0 Å². The third-order valence-corrected chi connectivity index (χ3v) is 2.86. The van der Waals surface area contributed by atoms with Gasteiger partial charge in [0.2, 0.25) is 0 Å². The van der Waals surface area contributed by atoms with Crippen molar-refractivity contribution in [3.8, 4) is 0 Å². The predicted octanol–water partition coefficient (Wildman–Crippen LogP) is 3.69. The summed E-state index contributed by atoms with van der Waals surface area (Å²) in [5, 5.41) is 0. The molecule has 0 spiro atoms. The van der Waals surface area contributed by atoms with Gasteiger partial charge < -0.3 is 4.90 Å². The molecule has 13 heavy (non-hydrogen) atoms. The highest BCUT2D eigenvalue weighted by Crippen LogP contribution is 2.10. The largest absolute Gasteiger partial charge is 0.307 e. The van der Waals surface area contributed by atoms with Crippen LogP contribution >= 0.6 is 0 Å². The molecule has 0 rings (SSSR count). The summed E-state index contributed by atoms with van der Waals surface area (Å²) in [5.74, 6) is 0. The van der Waals surface area contributed by atoms with Gasteiger partial charge in [0.15, 0.2) is 0 Å². The minimum absolute atomic E-state index is 0.756. The molecular weight excluding hydrogens is 158 g/mol. The number of hydrogen-bond donors (Lipinski definition) is 0. The molecule has 0 aliphatic rings. The first-order valence-corrected chi connectivity index (χ1v) is 5.85. The molecule has 0 bridgehead atoms. The Bertz CT molecular complexity index is 99.3. The van der Waals surface area contributed by atoms with Crippen LogP contribution < -0.4 is 0 Å². The first-order chi connectivity index (χ1) is 6.18. The maximum absolute atomic E-state index is 2.31. The molecule has 1 atom stereocenters. The summed E-state index contributed by atoms with van der Waals surface area (Å²) in [6.45, 7) is 4.58. The van der Waals surface area contributed by atoms with Gasteiger partial charge in [-0.15, -0.1) is 0 Å². The zero-order chi connectivity index (χ0) is 10.1. The monoisotopic (exact) mass is 185 g/mol. The molecule has 1 heteroatoms. The SMILES string of the molecule is CCCCCCCCC(C)N(C)C. The molecule has 0 aromatic heterocycles. The minimum Gasteiger partial charge on any atom is -0.307 e. The van der Waals surface area contributed by atoms with E-state index < -0.39 is 0 Å². The average molecular weight is 185 g/mol. The fourth-order valence-electron chi connectivity index (χ4n) is 1.48. The summed E-state index contributed by atoms with van der Waals surface area (Å²) in [4.78, 5) is 2.31. The van der Waals surface area contributed by atoms with Gasteiger partial charge in [0, 0.05) is 6.04 Å². The number of nitrogens with zero attached hydrogens (tertiary/aromatic N) is 1. The maximum atomic E-state index is 2.31. The summed E-state index contributed by atoms with van der Waals surface area (Å²) in [6, 6.07) is 0.756. The predicted molar refractivity (Wildman–Crippen MR) is 61.1 cm³/mol. The van der Waals surface area contributed by atoms with Gasteiger partial charge in [0.1, 0.15) is 0 Å². The highest BCUT2D eigenvalue weighted by molar-refractivity contribution is 4.58. The van der Waals surface area contributed by atoms with E-state index in [0.29, 0.717) is 0 Å². The van der Waals surface area contributed by atoms with E-state index in [9.17, 15) is 0 Å². The van der Waals surface area contributed by atoms with Gasteiger partial charge in [-0.25, -0.2) is 0 Å². The Morgan fingerprint density at radius 3 is 2.00 bits per heavy atom. The fraction of sp³-hybridized carbons (Fsp3) is 1.00. The molecule has 0 fully saturated rings. The second-order valence-corrected chi connectivity index (χ2v) is 4.37. The molecule has 0 saturated carbocycles. The number of rotatable bonds is 8. The number of unbranched alkanes of at least 4 members (excludes halogenated alkanes) is 5. The van der Waals surface area contributed by atoms with Crippen LogP contribution in [-0.4, -0.2) is 25.0 Å². The van der Waals surface area contributed by atoms with Crippen LogP contribution in [0.15, 0.2) is 0 Å². The van der Waals surface area contributed by atoms with E-state index >= 15 is 0 Å². The quantitative estimate of drug-likeness (QED) is 0.521. The van der Waals surface area contributed by atoms with Gasteiger partial charge in [-0.3, -0.25) is 0 Å². The van der Waals surface area contributed by atoms with Crippen molar-refractivity contribution in [2.45, 2.75) is 64.8 Å². The smallest absolute Gasteiger partial charge is 0.00608 e. The zero-order valence-corrected chi connectivity index (χ0v) is 9.97. The van der Waals surface area contributed by atoms with Crippen molar-refractivity contribution in [3.05, 3.63) is 0 Å². The van der Waals surface area contributed by atoms with E-state index in [1.165, 1.54) is 44.9 Å². The molecule has 80 valence electrons. The van der Waals surface area contributed by atoms with Gasteiger partial charge in [0.25, 0.3) is 0 Å². The Morgan fingerprint density at radius 2 is 1.46 bits per heavy atom. The Balaban J connectivity index is 3.07. The van der Waals surface area contributed by atoms with Crippen LogP contribution in [0.25, 0.3) is 0 Å². The molecule has 0 aliphatic heterocycles. The standard InChI is InChI=1S/C12H27N/c1-5-6-7-8-9-10-11-12(2)13(3)4/h12H,5-11H2,1-4H3. The second kappa shape index (κ2) is 8.55. The average Bonchev–Trinajstić information content (AvgIpc) is 2.10. The summed E-state index contributed by atoms with van der Waals surface area (Å²) >= 11 is 0. The van der Waals surface area contributed by atoms with Crippen molar-refractivity contribution in [2.24, 2.45) is 0 Å². The van der Waals surface area contributed by atoms with E-state index in [-0.39, 0.29) is 0 Å². The van der Waals surface area contributed by atoms with Crippen LogP contribution in [0.4, 0.5) is 0 Å². The van der Waals surface area contributed by atoms with Crippen LogP contribution in [0.3, 0.4) is 0 Å². The highest BCUT2D eigenvalue weighted by atomic mass is 15.1. The Morgan fingerprint density at radius 1 is 0.923 bits per heavy atom. The maximum Gasteiger partial charge on any atom is 0.00608 e. The first-order valence-electron chi connectivity index (χ1n) is 5.85. The highest BCUT2D eigenvalue weighted by Gasteiger charge is 2.02. The number of hydrogen-bond acceptors (Lipinski definition) is 1. The van der Waals surface area contributed by atoms with Crippen LogP contribution in [0.2, 0.25) is 0 Å². The van der Waals surface area contributed by atoms with Gasteiger partial charge in [-0.1, -0.05) is 45.4 Å². The van der Waals surface area contributed by atoms with Gasteiger partial charge in [-0.2, -0.15) is 0 Å². The van der Waals surface area contributed by atoms with Crippen LogP contribution in [0.1, 0.15) is 58.8 Å². The zero-order valence-electron chi connectivity index (χ0n) is 9.97. The van der Waals surface area contributed by atoms with E-state index in [0.717, 1.165) is 6.04 Å². The van der Waals surface area contributed by atoms with Gasteiger partial charge in [0.05, 0.1) is 0 Å². The summed E-state index contributed by atoms with van der Waals surface area (Å²) in [7, 11) is 4.34. The molecular formula is C12H27N. The Hall–Kier alpha value is -0.0400. The molecule has 0 saturated heterocycles. The lowest BCUT2D eigenvalue weighted by atomic mass is 10.1. The summed E-state index contributed by atoms with van der Waals surface area (Å²) < 4.78 is 0. The van der Waals surface area contributed by atoms with Crippen LogP contribution in [-0.2, 0) is 0 Å². The third-order valence-electron chi connectivity index (χ3n) is 2.86. The van der Waals surface area contributed by atoms with Crippen LogP contribution in [0, 0.1) is 0 Å². The molecule has 0 N–H and O–H groups in total. The van der Waals surface area contributed by atoms with E-state index in [1.54, 1.807) is 0 Å². The fourth-order valence-corrected chi connectivity index (χ4v) is 1.48. The van der Waals surface area contributed by atoms with E-state index in [1.807, 2.05) is 0 Å². The molecule has 0 aromatic carbocycles. The Kier molecular flexibility index (Phi) is 8.53. The lowest BCUT2D eigenvalue weighted by Gasteiger charge is -2.19. The third kappa shape index (κ3) is 8.29. The molecule has 0 heterocycles. The van der Waals surface area contributed by atoms with Crippen molar-refractivity contribution in [1.29, 1.82) is 0 Å². The normalized spacial score (nSPS) is 13.6. The first kappa shape index (κ1) is 13.0. The summed E-state index contributed by atoms with van der Waals surface area (Å²) in [6.07, 6.45) is 9.85. The van der Waals surface area contributed by atoms with Crippen molar-refractivity contribution < 1.29 is 0 Å². The molecule has 1 nitrogen and oxygen atoms in total. The summed E-state index contributed by atoms with van der Waals surface area (Å²) in [5.41, 5.74) is 0. The van der Waals surface area contributed by atoms with E-state index in [4.69, 9.17) is 0 Å². The molecule has 0 aliphatic carbocycles. The lowest BCUT2D eigenvalue weighted by molar-refractivity contribution is 0.291. The van der Waals surface area contributed by atoms with Crippen molar-refractivity contribution in [2.75, 3.05) is 14.1 Å². The molecule has 0 radical (unpaired) electrons.